The van der Waals surface area contributed by atoms with Gasteiger partial charge in [0.15, 0.2) is 5.82 Å². The fraction of sp³-hybridized carbons (Fsp3) is 0.0769. The van der Waals surface area contributed by atoms with Gasteiger partial charge in [0.2, 0.25) is 5.78 Å². The Morgan fingerprint density at radius 1 is 1.26 bits per heavy atom. The summed E-state index contributed by atoms with van der Waals surface area (Å²) < 4.78 is 5.55. The molecule has 19 heavy (non-hydrogen) atoms. The Morgan fingerprint density at radius 2 is 2.05 bits per heavy atom. The SMILES string of the molecule is Cc1nnsc1C(=O)c1nccn1-c1ccccc1. The number of imidazole rings is 1. The second kappa shape index (κ2) is 4.74. The van der Waals surface area contributed by atoms with E-state index in [1.807, 2.05) is 30.3 Å². The zero-order valence-corrected chi connectivity index (χ0v) is 11.0. The van der Waals surface area contributed by atoms with Gasteiger partial charge >= 0.3 is 0 Å². The van der Waals surface area contributed by atoms with Gasteiger partial charge in [-0.3, -0.25) is 9.36 Å². The number of hydrogen-bond donors (Lipinski definition) is 0. The normalized spacial score (nSPS) is 10.6. The predicted molar refractivity (Wildman–Crippen MR) is 71.6 cm³/mol. The number of benzene rings is 1. The molecule has 0 radical (unpaired) electrons. The van der Waals surface area contributed by atoms with E-state index in [2.05, 4.69) is 14.6 Å². The van der Waals surface area contributed by atoms with E-state index in [-0.39, 0.29) is 5.78 Å². The van der Waals surface area contributed by atoms with Crippen molar-refractivity contribution in [3.63, 3.8) is 0 Å². The van der Waals surface area contributed by atoms with E-state index in [1.54, 1.807) is 23.9 Å². The topological polar surface area (TPSA) is 60.7 Å². The minimum Gasteiger partial charge on any atom is -0.297 e. The summed E-state index contributed by atoms with van der Waals surface area (Å²) in [6.07, 6.45) is 3.39. The molecule has 3 aromatic rings. The Kier molecular flexibility index (Phi) is 2.92. The quantitative estimate of drug-likeness (QED) is 0.685. The van der Waals surface area contributed by atoms with Gasteiger partial charge in [0.25, 0.3) is 0 Å². The van der Waals surface area contributed by atoms with Crippen LogP contribution in [0.5, 0.6) is 0 Å². The molecule has 0 aliphatic carbocycles. The molecule has 0 amide bonds. The minimum absolute atomic E-state index is 0.152. The van der Waals surface area contributed by atoms with Crippen LogP contribution in [0.25, 0.3) is 5.69 Å². The molecule has 0 saturated heterocycles. The Bertz CT molecular complexity index is 717. The predicted octanol–water partition coefficient (Wildman–Crippen LogP) is 2.26. The Morgan fingerprint density at radius 3 is 2.74 bits per heavy atom. The summed E-state index contributed by atoms with van der Waals surface area (Å²) in [5.41, 5.74) is 1.54. The molecule has 0 aliphatic heterocycles. The first-order chi connectivity index (χ1) is 9.27. The van der Waals surface area contributed by atoms with E-state index >= 15 is 0 Å². The first-order valence-corrected chi connectivity index (χ1v) is 6.47. The van der Waals surface area contributed by atoms with Crippen molar-refractivity contribution in [2.75, 3.05) is 0 Å². The molecule has 0 fully saturated rings. The van der Waals surface area contributed by atoms with E-state index in [0.29, 0.717) is 16.4 Å². The molecule has 0 aliphatic rings. The third kappa shape index (κ3) is 2.06. The summed E-state index contributed by atoms with van der Waals surface area (Å²) in [6, 6.07) is 9.62. The Labute approximate surface area is 113 Å². The Balaban J connectivity index is 2.06. The summed E-state index contributed by atoms with van der Waals surface area (Å²) >= 11 is 1.10. The first kappa shape index (κ1) is 11.7. The largest absolute Gasteiger partial charge is 0.297 e. The number of nitrogens with zero attached hydrogens (tertiary/aromatic N) is 4. The van der Waals surface area contributed by atoms with Crippen LogP contribution in [-0.4, -0.2) is 24.9 Å². The van der Waals surface area contributed by atoms with Crippen LogP contribution in [0, 0.1) is 6.92 Å². The number of aromatic nitrogens is 4. The van der Waals surface area contributed by atoms with Gasteiger partial charge in [-0.15, -0.1) is 5.10 Å². The number of carbonyl (C=O) groups is 1. The van der Waals surface area contributed by atoms with E-state index < -0.39 is 0 Å². The van der Waals surface area contributed by atoms with Gasteiger partial charge in [0, 0.05) is 18.1 Å². The van der Waals surface area contributed by atoms with Gasteiger partial charge in [-0.1, -0.05) is 22.7 Å². The molecule has 1 aromatic carbocycles. The maximum atomic E-state index is 12.4. The highest BCUT2D eigenvalue weighted by atomic mass is 32.1. The smallest absolute Gasteiger partial charge is 0.242 e. The van der Waals surface area contributed by atoms with E-state index in [0.717, 1.165) is 17.2 Å². The lowest BCUT2D eigenvalue weighted by Crippen LogP contribution is -2.09. The van der Waals surface area contributed by atoms with Crippen LogP contribution in [0.1, 0.15) is 21.2 Å². The molecule has 2 aromatic heterocycles. The van der Waals surface area contributed by atoms with Crippen molar-refractivity contribution >= 4 is 17.3 Å². The second-order valence-corrected chi connectivity index (χ2v) is 4.73. The number of rotatable bonds is 3. The van der Waals surface area contributed by atoms with Gasteiger partial charge in [0.05, 0.1) is 5.69 Å². The standard InChI is InChI=1S/C13H10N4OS/c1-9-12(19-16-15-9)11(18)13-14-7-8-17(13)10-5-3-2-4-6-10/h2-8H,1H3. The molecule has 6 heteroatoms. The van der Waals surface area contributed by atoms with Gasteiger partial charge in [0.1, 0.15) is 4.88 Å². The van der Waals surface area contributed by atoms with Crippen LogP contribution >= 0.6 is 11.5 Å². The zero-order chi connectivity index (χ0) is 13.2. The second-order valence-electron chi connectivity index (χ2n) is 3.97. The summed E-state index contributed by atoms with van der Waals surface area (Å²) in [7, 11) is 0. The molecule has 2 heterocycles. The van der Waals surface area contributed by atoms with Crippen LogP contribution < -0.4 is 0 Å². The van der Waals surface area contributed by atoms with E-state index in [1.165, 1.54) is 0 Å². The van der Waals surface area contributed by atoms with Crippen molar-refractivity contribution in [3.05, 3.63) is 59.1 Å². The van der Waals surface area contributed by atoms with Gasteiger partial charge in [-0.05, 0) is 30.6 Å². The summed E-state index contributed by atoms with van der Waals surface area (Å²) in [5.74, 6) is 0.224. The van der Waals surface area contributed by atoms with E-state index in [4.69, 9.17) is 0 Å². The van der Waals surface area contributed by atoms with Gasteiger partial charge in [-0.25, -0.2) is 4.98 Å². The summed E-state index contributed by atoms with van der Waals surface area (Å²) in [5, 5.41) is 3.86. The molecular formula is C13H10N4OS. The highest BCUT2D eigenvalue weighted by molar-refractivity contribution is 7.08. The molecule has 3 rings (SSSR count). The molecule has 0 spiro atoms. The average Bonchev–Trinajstić information content (AvgIpc) is 3.07. The fourth-order valence-corrected chi connectivity index (χ4v) is 2.40. The minimum atomic E-state index is -0.152. The maximum absolute atomic E-state index is 12.4. The maximum Gasteiger partial charge on any atom is 0.242 e. The summed E-state index contributed by atoms with van der Waals surface area (Å²) in [6.45, 7) is 1.77. The van der Waals surface area contributed by atoms with Crippen LogP contribution in [0.4, 0.5) is 0 Å². The Hall–Kier alpha value is -2.34. The van der Waals surface area contributed by atoms with Crippen molar-refractivity contribution in [2.45, 2.75) is 6.92 Å². The number of ketones is 1. The number of aryl methyl sites for hydroxylation is 1. The monoisotopic (exact) mass is 270 g/mol. The highest BCUT2D eigenvalue weighted by Crippen LogP contribution is 2.17. The summed E-state index contributed by atoms with van der Waals surface area (Å²) in [4.78, 5) is 17.1. The lowest BCUT2D eigenvalue weighted by atomic mass is 10.2. The lowest BCUT2D eigenvalue weighted by molar-refractivity contribution is 0.103. The molecule has 0 unspecified atom stereocenters. The van der Waals surface area contributed by atoms with Crippen LogP contribution in [0.15, 0.2) is 42.7 Å². The van der Waals surface area contributed by atoms with Crippen molar-refractivity contribution in [3.8, 4) is 5.69 Å². The first-order valence-electron chi connectivity index (χ1n) is 5.70. The van der Waals surface area contributed by atoms with Crippen molar-refractivity contribution in [1.29, 1.82) is 0 Å². The number of para-hydroxylation sites is 1. The molecule has 5 nitrogen and oxygen atoms in total. The molecule has 0 saturated carbocycles. The number of carbonyl (C=O) groups excluding carboxylic acids is 1. The molecule has 0 N–H and O–H groups in total. The molecular weight excluding hydrogens is 260 g/mol. The third-order valence-electron chi connectivity index (χ3n) is 2.74. The van der Waals surface area contributed by atoms with Crippen LogP contribution in [0.3, 0.4) is 0 Å². The van der Waals surface area contributed by atoms with Gasteiger partial charge in [-0.2, -0.15) is 0 Å². The van der Waals surface area contributed by atoms with Crippen molar-refractivity contribution in [1.82, 2.24) is 19.1 Å². The third-order valence-corrected chi connectivity index (χ3v) is 3.56. The van der Waals surface area contributed by atoms with Crippen molar-refractivity contribution in [2.24, 2.45) is 0 Å². The van der Waals surface area contributed by atoms with E-state index in [9.17, 15) is 4.79 Å². The fourth-order valence-electron chi connectivity index (χ4n) is 1.81. The molecule has 0 atom stereocenters. The lowest BCUT2D eigenvalue weighted by Gasteiger charge is -2.05. The highest BCUT2D eigenvalue weighted by Gasteiger charge is 2.20. The van der Waals surface area contributed by atoms with Gasteiger partial charge < -0.3 is 0 Å². The van der Waals surface area contributed by atoms with Crippen molar-refractivity contribution < 1.29 is 4.79 Å². The van der Waals surface area contributed by atoms with Crippen LogP contribution in [-0.2, 0) is 0 Å². The molecule has 0 bridgehead atoms. The number of hydrogen-bond acceptors (Lipinski definition) is 5. The van der Waals surface area contributed by atoms with Crippen LogP contribution in [0.2, 0.25) is 0 Å². The zero-order valence-electron chi connectivity index (χ0n) is 10.1. The average molecular weight is 270 g/mol. The molecule has 94 valence electrons.